The molecule has 2 rings (SSSR count). The number of halogens is 1. The number of carbonyl (C=O) groups excluding carboxylic acids is 2. The number of nitrogens with one attached hydrogen (secondary N) is 1. The molecule has 0 aliphatic rings. The third-order valence-electron chi connectivity index (χ3n) is 3.23. The van der Waals surface area contributed by atoms with E-state index in [4.69, 9.17) is 5.11 Å². The lowest BCUT2D eigenvalue weighted by Crippen LogP contribution is -2.37. The molecule has 1 heterocycles. The van der Waals surface area contributed by atoms with Gasteiger partial charge in [-0.1, -0.05) is 12.1 Å². The van der Waals surface area contributed by atoms with Gasteiger partial charge in [0.1, 0.15) is 5.82 Å². The van der Waals surface area contributed by atoms with Crippen molar-refractivity contribution in [2.75, 3.05) is 13.6 Å². The summed E-state index contributed by atoms with van der Waals surface area (Å²) < 4.78 is 13.3. The molecule has 2 aromatic rings. The Morgan fingerprint density at radius 2 is 2.13 bits per heavy atom. The van der Waals surface area contributed by atoms with Gasteiger partial charge in [-0.2, -0.15) is 0 Å². The van der Waals surface area contributed by atoms with Gasteiger partial charge in [0.15, 0.2) is 0 Å². The topological polar surface area (TPSA) is 69.6 Å². The average molecular weight is 336 g/mol. The second-order valence-electron chi connectivity index (χ2n) is 5.00. The average Bonchev–Trinajstić information content (AvgIpc) is 3.07. The van der Waals surface area contributed by atoms with E-state index in [-0.39, 0.29) is 30.5 Å². The maximum atomic E-state index is 13.3. The van der Waals surface area contributed by atoms with E-state index in [0.717, 1.165) is 0 Å². The molecule has 2 amide bonds. The summed E-state index contributed by atoms with van der Waals surface area (Å²) in [5.41, 5.74) is 0.859. The third kappa shape index (κ3) is 4.61. The van der Waals surface area contributed by atoms with Gasteiger partial charge in [0.25, 0.3) is 5.91 Å². The molecule has 7 heteroatoms. The molecule has 2 N–H and O–H groups in total. The monoisotopic (exact) mass is 336 g/mol. The molecule has 0 bridgehead atoms. The van der Waals surface area contributed by atoms with Crippen LogP contribution in [0.4, 0.5) is 4.39 Å². The lowest BCUT2D eigenvalue weighted by Gasteiger charge is -2.16. The number of nitrogens with zero attached hydrogens (tertiary/aromatic N) is 1. The van der Waals surface area contributed by atoms with Crippen molar-refractivity contribution in [1.29, 1.82) is 0 Å². The van der Waals surface area contributed by atoms with Crippen LogP contribution >= 0.6 is 11.3 Å². The van der Waals surface area contributed by atoms with Gasteiger partial charge in [0, 0.05) is 19.2 Å². The van der Waals surface area contributed by atoms with Crippen LogP contribution in [-0.4, -0.2) is 35.4 Å². The Morgan fingerprint density at radius 3 is 2.78 bits per heavy atom. The van der Waals surface area contributed by atoms with Crippen molar-refractivity contribution in [3.05, 3.63) is 57.5 Å². The van der Waals surface area contributed by atoms with Crippen LogP contribution in [0.25, 0.3) is 0 Å². The molecule has 0 saturated heterocycles. The molecule has 0 aliphatic carbocycles. The zero-order chi connectivity index (χ0) is 16.8. The Kier molecular flexibility index (Phi) is 5.84. The molecule has 0 atom stereocenters. The van der Waals surface area contributed by atoms with Crippen LogP contribution in [0.1, 0.15) is 20.8 Å². The van der Waals surface area contributed by atoms with E-state index in [1.54, 1.807) is 24.6 Å². The molecule has 122 valence electrons. The maximum Gasteiger partial charge on any atom is 0.264 e. The fraction of sp³-hybridized carbons (Fsp3) is 0.250. The number of carbonyl (C=O) groups is 2. The summed E-state index contributed by atoms with van der Waals surface area (Å²) in [5, 5.41) is 13.5. The van der Waals surface area contributed by atoms with Gasteiger partial charge >= 0.3 is 0 Å². The largest absolute Gasteiger partial charge is 0.392 e. The number of benzene rings is 1. The van der Waals surface area contributed by atoms with E-state index >= 15 is 0 Å². The molecule has 0 aliphatic heterocycles. The maximum absolute atomic E-state index is 13.3. The van der Waals surface area contributed by atoms with Crippen LogP contribution in [0.3, 0.4) is 0 Å². The van der Waals surface area contributed by atoms with Crippen molar-refractivity contribution in [3.63, 3.8) is 0 Å². The van der Waals surface area contributed by atoms with Crippen molar-refractivity contribution < 1.29 is 19.1 Å². The Hall–Kier alpha value is -2.25. The van der Waals surface area contributed by atoms with Gasteiger partial charge < -0.3 is 15.3 Å². The fourth-order valence-electron chi connectivity index (χ4n) is 1.99. The first-order valence-corrected chi connectivity index (χ1v) is 7.83. The molecular formula is C16H17FN2O3S. The summed E-state index contributed by atoms with van der Waals surface area (Å²) in [5.74, 6) is -1.00. The fourth-order valence-corrected chi connectivity index (χ4v) is 2.71. The number of hydrogen-bond acceptors (Lipinski definition) is 4. The highest BCUT2D eigenvalue weighted by Crippen LogP contribution is 2.12. The normalized spacial score (nSPS) is 10.4. The smallest absolute Gasteiger partial charge is 0.264 e. The Morgan fingerprint density at radius 1 is 1.35 bits per heavy atom. The Balaban J connectivity index is 1.86. The van der Waals surface area contributed by atoms with Crippen LogP contribution in [0, 0.1) is 5.82 Å². The molecule has 0 fully saturated rings. The zero-order valence-corrected chi connectivity index (χ0v) is 13.4. The summed E-state index contributed by atoms with van der Waals surface area (Å²) in [7, 11) is 1.56. The van der Waals surface area contributed by atoms with Gasteiger partial charge in [0.05, 0.1) is 18.0 Å². The van der Waals surface area contributed by atoms with E-state index in [1.165, 1.54) is 34.4 Å². The van der Waals surface area contributed by atoms with E-state index in [9.17, 15) is 14.0 Å². The molecule has 1 aromatic carbocycles. The zero-order valence-electron chi connectivity index (χ0n) is 12.6. The summed E-state index contributed by atoms with van der Waals surface area (Å²) in [6.07, 6.45) is 0. The quantitative estimate of drug-likeness (QED) is 0.845. The van der Waals surface area contributed by atoms with E-state index in [1.807, 2.05) is 0 Å². The molecule has 1 aromatic heterocycles. The van der Waals surface area contributed by atoms with Crippen LogP contribution < -0.4 is 5.32 Å². The number of likely N-dealkylation sites (N-methyl/N-ethyl adjacent to an activating group) is 1. The van der Waals surface area contributed by atoms with Gasteiger partial charge in [-0.15, -0.1) is 11.3 Å². The Labute approximate surface area is 137 Å². The first kappa shape index (κ1) is 17.1. The van der Waals surface area contributed by atoms with Gasteiger partial charge in [0.2, 0.25) is 5.91 Å². The molecular weight excluding hydrogens is 319 g/mol. The summed E-state index contributed by atoms with van der Waals surface area (Å²) >= 11 is 1.32. The highest BCUT2D eigenvalue weighted by Gasteiger charge is 2.15. The molecule has 0 radical (unpaired) electrons. The minimum atomic E-state index is -0.483. The molecule has 0 unspecified atom stereocenters. The molecule has 0 saturated carbocycles. The minimum absolute atomic E-state index is 0.0647. The number of thiophene rings is 1. The predicted octanol–water partition coefficient (Wildman–Crippen LogP) is 1.77. The van der Waals surface area contributed by atoms with Crippen molar-refractivity contribution in [1.82, 2.24) is 10.2 Å². The van der Waals surface area contributed by atoms with Crippen molar-refractivity contribution >= 4 is 23.2 Å². The van der Waals surface area contributed by atoms with Gasteiger partial charge in [-0.25, -0.2) is 4.39 Å². The first-order chi connectivity index (χ1) is 11.0. The standard InChI is InChI=1S/C16H17FN2O3S/c1-19(16(22)14-3-2-6-23-14)9-15(21)18-8-11-4-5-13(17)12(7-11)10-20/h2-7,20H,8-10H2,1H3,(H,18,21). The van der Waals surface area contributed by atoms with Crippen LogP contribution in [-0.2, 0) is 17.9 Å². The van der Waals surface area contributed by atoms with E-state index in [2.05, 4.69) is 5.32 Å². The summed E-state index contributed by atoms with van der Waals surface area (Å²) in [6.45, 7) is -0.260. The van der Waals surface area contributed by atoms with E-state index in [0.29, 0.717) is 10.4 Å². The van der Waals surface area contributed by atoms with Crippen LogP contribution in [0.5, 0.6) is 0 Å². The molecule has 0 spiro atoms. The second-order valence-corrected chi connectivity index (χ2v) is 5.95. The second kappa shape index (κ2) is 7.85. The summed E-state index contributed by atoms with van der Waals surface area (Å²) in [6, 6.07) is 7.76. The minimum Gasteiger partial charge on any atom is -0.392 e. The molecule has 5 nitrogen and oxygen atoms in total. The number of rotatable bonds is 6. The van der Waals surface area contributed by atoms with Crippen molar-refractivity contribution in [3.8, 4) is 0 Å². The third-order valence-corrected chi connectivity index (χ3v) is 4.09. The number of hydrogen-bond donors (Lipinski definition) is 2. The highest BCUT2D eigenvalue weighted by molar-refractivity contribution is 7.12. The van der Waals surface area contributed by atoms with Gasteiger partial charge in [-0.05, 0) is 29.1 Å². The lowest BCUT2D eigenvalue weighted by molar-refractivity contribution is -0.121. The SMILES string of the molecule is CN(CC(=O)NCc1ccc(F)c(CO)c1)C(=O)c1cccs1. The van der Waals surface area contributed by atoms with Crippen LogP contribution in [0.2, 0.25) is 0 Å². The summed E-state index contributed by atoms with van der Waals surface area (Å²) in [4.78, 5) is 25.8. The van der Waals surface area contributed by atoms with E-state index < -0.39 is 12.4 Å². The molecule has 23 heavy (non-hydrogen) atoms. The highest BCUT2D eigenvalue weighted by atomic mass is 32.1. The first-order valence-electron chi connectivity index (χ1n) is 6.95. The van der Waals surface area contributed by atoms with Crippen molar-refractivity contribution in [2.24, 2.45) is 0 Å². The van der Waals surface area contributed by atoms with Gasteiger partial charge in [-0.3, -0.25) is 9.59 Å². The number of aliphatic hydroxyl groups excluding tert-OH is 1. The Bertz CT molecular complexity index is 689. The lowest BCUT2D eigenvalue weighted by atomic mass is 10.1. The van der Waals surface area contributed by atoms with Crippen LogP contribution in [0.15, 0.2) is 35.7 Å². The number of amides is 2. The number of aliphatic hydroxyl groups is 1. The predicted molar refractivity (Wildman–Crippen MR) is 85.4 cm³/mol. The van der Waals surface area contributed by atoms with Crippen molar-refractivity contribution in [2.45, 2.75) is 13.2 Å².